The fourth-order valence-corrected chi connectivity index (χ4v) is 10.2. The molecule has 4 aromatic carbocycles. The van der Waals surface area contributed by atoms with Gasteiger partial charge < -0.3 is 34.3 Å². The Bertz CT molecular complexity index is 2560. The summed E-state index contributed by atoms with van der Waals surface area (Å²) in [7, 11) is -2.22. The van der Waals surface area contributed by atoms with Gasteiger partial charge in [0.2, 0.25) is 5.56 Å². The van der Waals surface area contributed by atoms with Crippen molar-refractivity contribution in [1.29, 1.82) is 0 Å². The second kappa shape index (κ2) is 17.6. The Balaban J connectivity index is 0.921. The van der Waals surface area contributed by atoms with Gasteiger partial charge in [0.1, 0.15) is 11.3 Å². The smallest absolute Gasteiger partial charge is 0.412 e. The number of piperidine rings is 3. The monoisotopic (exact) mass is 841 g/mol. The number of hydrogen-bond acceptors (Lipinski definition) is 8. The van der Waals surface area contributed by atoms with Gasteiger partial charge in [0.05, 0.1) is 23.3 Å². The van der Waals surface area contributed by atoms with Crippen molar-refractivity contribution in [1.82, 2.24) is 20.2 Å². The van der Waals surface area contributed by atoms with Crippen LogP contribution in [0.25, 0.3) is 33.1 Å². The lowest BCUT2D eigenvalue weighted by Crippen LogP contribution is -2.59. The van der Waals surface area contributed by atoms with Crippen molar-refractivity contribution < 1.29 is 23.9 Å². The van der Waals surface area contributed by atoms with Gasteiger partial charge in [-0.1, -0.05) is 75.4 Å². The third kappa shape index (κ3) is 9.33. The van der Waals surface area contributed by atoms with Crippen LogP contribution in [0.2, 0.25) is 18.1 Å². The second-order valence-electron chi connectivity index (χ2n) is 18.5. The summed E-state index contributed by atoms with van der Waals surface area (Å²) in [5.41, 5.74) is 7.58. The Morgan fingerprint density at radius 2 is 1.74 bits per heavy atom. The summed E-state index contributed by atoms with van der Waals surface area (Å²) in [6.07, 6.45) is 4.21. The highest BCUT2D eigenvalue weighted by molar-refractivity contribution is 6.74. The molecule has 3 saturated heterocycles. The first-order valence-corrected chi connectivity index (χ1v) is 24.7. The summed E-state index contributed by atoms with van der Waals surface area (Å²) in [6, 6.07) is 29.3. The van der Waals surface area contributed by atoms with Gasteiger partial charge in [-0.25, -0.2) is 9.78 Å². The van der Waals surface area contributed by atoms with E-state index in [0.717, 1.165) is 102 Å². The van der Waals surface area contributed by atoms with E-state index in [9.17, 15) is 19.8 Å². The molecule has 1 amide bonds. The molecular weight excluding hydrogens is 783 g/mol. The number of aryl methyl sites for hydroxylation is 2. The van der Waals surface area contributed by atoms with E-state index in [1.807, 2.05) is 30.3 Å². The number of hydrogen-bond donors (Lipinski definition) is 4. The molecule has 12 heteroatoms. The number of aromatic nitrogens is 2. The van der Waals surface area contributed by atoms with E-state index in [2.05, 4.69) is 91.5 Å². The lowest BCUT2D eigenvalue weighted by Gasteiger charge is -2.48. The van der Waals surface area contributed by atoms with Crippen molar-refractivity contribution in [3.8, 4) is 16.9 Å². The van der Waals surface area contributed by atoms with Gasteiger partial charge in [0.25, 0.3) is 0 Å². The summed E-state index contributed by atoms with van der Waals surface area (Å²) in [4.78, 5) is 36.9. The zero-order valence-electron chi connectivity index (χ0n) is 36.0. The number of rotatable bonds is 15. The van der Waals surface area contributed by atoms with Gasteiger partial charge in [-0.15, -0.1) is 0 Å². The number of amides is 1. The van der Waals surface area contributed by atoms with Crippen LogP contribution in [-0.2, 0) is 23.8 Å². The molecule has 2 atom stereocenters. The Morgan fingerprint density at radius 3 is 2.46 bits per heavy atom. The van der Waals surface area contributed by atoms with E-state index in [1.54, 1.807) is 17.0 Å². The van der Waals surface area contributed by atoms with E-state index < -0.39 is 14.4 Å². The molecule has 9 rings (SSSR count). The van der Waals surface area contributed by atoms with Crippen LogP contribution >= 0.6 is 0 Å². The van der Waals surface area contributed by atoms with E-state index in [4.69, 9.17) is 13.8 Å². The van der Waals surface area contributed by atoms with Crippen LogP contribution in [-0.4, -0.2) is 71.7 Å². The van der Waals surface area contributed by atoms with Gasteiger partial charge in [0, 0.05) is 43.1 Å². The molecule has 3 aliphatic rings. The van der Waals surface area contributed by atoms with E-state index in [0.29, 0.717) is 36.8 Å². The summed E-state index contributed by atoms with van der Waals surface area (Å²) >= 11 is 0. The number of nitrogens with zero attached hydrogens (tertiary/aromatic N) is 3. The number of fused-ring (bicyclic) bond motifs is 5. The first-order chi connectivity index (χ1) is 29.2. The number of aromatic amines is 1. The first-order valence-electron chi connectivity index (χ1n) is 21.8. The van der Waals surface area contributed by atoms with Gasteiger partial charge in [-0.2, -0.15) is 0 Å². The van der Waals surface area contributed by atoms with E-state index in [1.165, 1.54) is 6.07 Å². The van der Waals surface area contributed by atoms with Crippen molar-refractivity contribution in [2.45, 2.75) is 96.1 Å². The van der Waals surface area contributed by atoms with E-state index >= 15 is 0 Å². The molecule has 0 aliphatic carbocycles. The molecule has 5 heterocycles. The van der Waals surface area contributed by atoms with Crippen LogP contribution < -0.4 is 15.8 Å². The van der Waals surface area contributed by atoms with Gasteiger partial charge in [0.15, 0.2) is 19.8 Å². The Hall–Kier alpha value is -5.27. The number of benzene rings is 4. The number of oxazole rings is 1. The third-order valence-corrected chi connectivity index (χ3v) is 17.8. The third-order valence-electron chi connectivity index (χ3n) is 13.3. The maximum atomic E-state index is 13.0. The molecule has 4 N–H and O–H groups in total. The number of aromatic hydroxyl groups is 1. The fourth-order valence-electron chi connectivity index (χ4n) is 8.92. The maximum absolute atomic E-state index is 13.0. The predicted octanol–water partition coefficient (Wildman–Crippen LogP) is 10.0. The molecule has 1 unspecified atom stereocenters. The molecule has 0 radical (unpaired) electrons. The van der Waals surface area contributed by atoms with Crippen LogP contribution in [0.1, 0.15) is 75.1 Å². The molecule has 2 aromatic heterocycles. The highest BCUT2D eigenvalue weighted by atomic mass is 28.4. The highest BCUT2D eigenvalue weighted by Crippen LogP contribution is 2.42. The number of unbranched alkanes of at least 4 members (excludes halogenated alkanes) is 1. The topological polar surface area (TPSA) is 144 Å². The second-order valence-corrected chi connectivity index (χ2v) is 23.2. The molecule has 320 valence electrons. The SMILES string of the molecule is CC(C)(C)[Si](C)(C)O[C@@H](CNCc1ccc2oc(CCCCc3ccc(-c4ccccc4)c(N(C(=O)O)C4CN5CCC4CC5)c3)nc2c1)c1ccc(O)c2[nH]c(=O)ccc12. The zero-order chi connectivity index (χ0) is 42.9. The lowest BCUT2D eigenvalue weighted by atomic mass is 9.82. The van der Waals surface area contributed by atoms with Crippen molar-refractivity contribution >= 4 is 42.1 Å². The van der Waals surface area contributed by atoms with E-state index in [-0.39, 0.29) is 28.5 Å². The minimum Gasteiger partial charge on any atom is -0.506 e. The average molecular weight is 842 g/mol. The predicted molar refractivity (Wildman–Crippen MR) is 245 cm³/mol. The fraction of sp³-hybridized carbons (Fsp3) is 0.408. The lowest BCUT2D eigenvalue weighted by molar-refractivity contribution is 0.0837. The number of carboxylic acid groups (broad SMARTS) is 1. The van der Waals surface area contributed by atoms with Crippen LogP contribution in [0, 0.1) is 5.92 Å². The molecule has 3 aliphatic heterocycles. The minimum atomic E-state index is -2.22. The summed E-state index contributed by atoms with van der Waals surface area (Å²) in [6.45, 7) is 15.1. The number of H-pyrrole nitrogens is 1. The number of pyridine rings is 1. The molecule has 11 nitrogen and oxygen atoms in total. The summed E-state index contributed by atoms with van der Waals surface area (Å²) in [5, 5.41) is 25.6. The molecular formula is C49H59N5O6Si. The number of carbonyl (C=O) groups is 1. The maximum Gasteiger partial charge on any atom is 0.412 e. The Morgan fingerprint density at radius 1 is 0.984 bits per heavy atom. The number of nitrogens with one attached hydrogen (secondary N) is 2. The number of phenols is 1. The highest BCUT2D eigenvalue weighted by Gasteiger charge is 2.41. The number of anilines is 1. The van der Waals surface area contributed by atoms with Crippen LogP contribution in [0.5, 0.6) is 5.75 Å². The van der Waals surface area contributed by atoms with Gasteiger partial charge in [-0.3, -0.25) is 9.69 Å². The number of phenolic OH excluding ortho intramolecular Hbond substituents is 1. The van der Waals surface area contributed by atoms with Crippen molar-refractivity contribution in [2.75, 3.05) is 31.1 Å². The Kier molecular flexibility index (Phi) is 12.2. The normalized spacial score (nSPS) is 18.5. The molecule has 61 heavy (non-hydrogen) atoms. The van der Waals surface area contributed by atoms with Crippen LogP contribution in [0.15, 0.2) is 100 Å². The summed E-state index contributed by atoms with van der Waals surface area (Å²) < 4.78 is 13.2. The molecule has 3 fully saturated rings. The average Bonchev–Trinajstić information content (AvgIpc) is 3.65. The van der Waals surface area contributed by atoms with Crippen LogP contribution in [0.4, 0.5) is 10.5 Å². The quantitative estimate of drug-likeness (QED) is 0.0587. The molecule has 0 spiro atoms. The van der Waals surface area contributed by atoms with Crippen molar-refractivity contribution in [3.05, 3.63) is 124 Å². The van der Waals surface area contributed by atoms with Gasteiger partial charge in [-0.05, 0) is 122 Å². The van der Waals surface area contributed by atoms with Crippen LogP contribution in [0.3, 0.4) is 0 Å². The van der Waals surface area contributed by atoms with Crippen molar-refractivity contribution in [3.63, 3.8) is 0 Å². The largest absolute Gasteiger partial charge is 0.506 e. The zero-order valence-corrected chi connectivity index (χ0v) is 37.0. The minimum absolute atomic E-state index is 0.0177. The molecule has 0 saturated carbocycles. The Labute approximate surface area is 358 Å². The van der Waals surface area contributed by atoms with Gasteiger partial charge >= 0.3 is 6.09 Å². The molecule has 2 bridgehead atoms. The summed E-state index contributed by atoms with van der Waals surface area (Å²) in [5.74, 6) is 1.12. The molecule has 6 aromatic rings. The first kappa shape index (κ1) is 42.4. The van der Waals surface area contributed by atoms with Crippen molar-refractivity contribution in [2.24, 2.45) is 5.92 Å². The standard InChI is InChI=1S/C49H59N5O6Si/c1-49(2,3)61(4,5)60-44(37-18-20-42(55)47-38(37)19-22-45(56)52-47)30-50-29-33-16-21-43-39(27-33)51-46(59-43)14-10-9-11-32-15-17-36(34-12-7-6-8-13-34)40(28-32)54(48(57)58)41-31-53-25-23-35(41)24-26-53/h6-8,12-13,15-22,27-28,35,41,44,50,55H,9-11,14,23-26,29-31H2,1-5H3,(H,52,56)(H,57,58)/t41?,44-/m0/s1.